The SMILES string of the molecule is C#CCn1c(=NC(=O)c2ccc(C(C)=O)cc2)sc2ccc(Cl)c(C)c21. The second-order valence-corrected chi connectivity index (χ2v) is 7.16. The number of terminal acetylenes is 1. The highest BCUT2D eigenvalue weighted by atomic mass is 35.5. The van der Waals surface area contributed by atoms with Crippen LogP contribution in [-0.2, 0) is 6.54 Å². The molecular weight excluding hydrogens is 368 g/mol. The molecule has 0 unspecified atom stereocenters. The van der Waals surface area contributed by atoms with Gasteiger partial charge in [-0.2, -0.15) is 4.99 Å². The number of ketones is 1. The van der Waals surface area contributed by atoms with Crippen LogP contribution in [-0.4, -0.2) is 16.3 Å². The molecule has 3 rings (SSSR count). The topological polar surface area (TPSA) is 51.4 Å². The number of halogens is 1. The minimum atomic E-state index is -0.388. The van der Waals surface area contributed by atoms with Gasteiger partial charge < -0.3 is 4.57 Å². The maximum absolute atomic E-state index is 12.5. The number of benzene rings is 2. The van der Waals surface area contributed by atoms with E-state index in [9.17, 15) is 9.59 Å². The second kappa shape index (κ2) is 7.28. The zero-order valence-electron chi connectivity index (χ0n) is 14.2. The molecule has 4 nitrogen and oxygen atoms in total. The lowest BCUT2D eigenvalue weighted by Gasteiger charge is -2.04. The molecule has 130 valence electrons. The van der Waals surface area contributed by atoms with Gasteiger partial charge in [0, 0.05) is 16.1 Å². The Balaban J connectivity index is 2.13. The summed E-state index contributed by atoms with van der Waals surface area (Å²) in [5.74, 6) is 2.16. The summed E-state index contributed by atoms with van der Waals surface area (Å²) < 4.78 is 2.78. The van der Waals surface area contributed by atoms with Crippen molar-refractivity contribution in [3.63, 3.8) is 0 Å². The number of aryl methyl sites for hydroxylation is 1. The first-order valence-electron chi connectivity index (χ1n) is 7.84. The molecule has 1 amide bonds. The lowest BCUT2D eigenvalue weighted by atomic mass is 10.1. The van der Waals surface area contributed by atoms with Crippen LogP contribution >= 0.6 is 22.9 Å². The highest BCUT2D eigenvalue weighted by Crippen LogP contribution is 2.27. The average Bonchev–Trinajstić information content (AvgIpc) is 2.96. The molecule has 6 heteroatoms. The summed E-state index contributed by atoms with van der Waals surface area (Å²) in [7, 11) is 0. The molecule has 0 N–H and O–H groups in total. The van der Waals surface area contributed by atoms with Crippen LogP contribution in [0.2, 0.25) is 5.02 Å². The van der Waals surface area contributed by atoms with Crippen molar-refractivity contribution in [2.75, 3.05) is 0 Å². The monoisotopic (exact) mass is 382 g/mol. The van der Waals surface area contributed by atoms with Crippen molar-refractivity contribution in [1.29, 1.82) is 0 Å². The van der Waals surface area contributed by atoms with Crippen molar-refractivity contribution >= 4 is 44.8 Å². The van der Waals surface area contributed by atoms with E-state index >= 15 is 0 Å². The van der Waals surface area contributed by atoms with E-state index in [4.69, 9.17) is 18.0 Å². The minimum Gasteiger partial charge on any atom is -0.304 e. The molecule has 0 saturated heterocycles. The zero-order valence-corrected chi connectivity index (χ0v) is 15.8. The molecule has 0 aliphatic rings. The van der Waals surface area contributed by atoms with Crippen LogP contribution in [0.3, 0.4) is 0 Å². The molecule has 0 bridgehead atoms. The second-order valence-electron chi connectivity index (χ2n) is 5.74. The van der Waals surface area contributed by atoms with E-state index in [0.29, 0.717) is 21.0 Å². The molecule has 0 fully saturated rings. The largest absolute Gasteiger partial charge is 0.304 e. The first-order chi connectivity index (χ1) is 12.4. The Morgan fingerprint density at radius 2 is 1.85 bits per heavy atom. The molecule has 0 radical (unpaired) electrons. The molecule has 1 heterocycles. The lowest BCUT2D eigenvalue weighted by Crippen LogP contribution is -2.17. The Kier molecular flexibility index (Phi) is 5.08. The number of hydrogen-bond acceptors (Lipinski definition) is 3. The van der Waals surface area contributed by atoms with Crippen LogP contribution in [0.4, 0.5) is 0 Å². The summed E-state index contributed by atoms with van der Waals surface area (Å²) in [6.45, 7) is 3.68. The lowest BCUT2D eigenvalue weighted by molar-refractivity contribution is 0.0991. The molecule has 1 aromatic heterocycles. The van der Waals surface area contributed by atoms with Gasteiger partial charge >= 0.3 is 0 Å². The van der Waals surface area contributed by atoms with Gasteiger partial charge in [-0.3, -0.25) is 9.59 Å². The predicted molar refractivity (Wildman–Crippen MR) is 105 cm³/mol. The highest BCUT2D eigenvalue weighted by Gasteiger charge is 2.12. The number of nitrogens with zero attached hydrogens (tertiary/aromatic N) is 2. The number of rotatable bonds is 3. The van der Waals surface area contributed by atoms with Crippen LogP contribution in [0.15, 0.2) is 41.4 Å². The normalized spacial score (nSPS) is 11.5. The van der Waals surface area contributed by atoms with Gasteiger partial charge in [0.15, 0.2) is 10.6 Å². The summed E-state index contributed by atoms with van der Waals surface area (Å²) in [6, 6.07) is 10.2. The van der Waals surface area contributed by atoms with Crippen LogP contribution in [0.1, 0.15) is 33.2 Å². The van der Waals surface area contributed by atoms with E-state index < -0.39 is 0 Å². The number of fused-ring (bicyclic) bond motifs is 1. The van der Waals surface area contributed by atoms with E-state index in [-0.39, 0.29) is 18.2 Å². The minimum absolute atomic E-state index is 0.0512. The third-order valence-electron chi connectivity index (χ3n) is 4.01. The maximum Gasteiger partial charge on any atom is 0.279 e. The third kappa shape index (κ3) is 3.34. The van der Waals surface area contributed by atoms with E-state index in [0.717, 1.165) is 15.8 Å². The molecule has 0 saturated carbocycles. The number of amides is 1. The smallest absolute Gasteiger partial charge is 0.279 e. The number of aromatic nitrogens is 1. The third-order valence-corrected chi connectivity index (χ3v) is 5.47. The number of carbonyl (C=O) groups is 2. The molecule has 0 aliphatic heterocycles. The van der Waals surface area contributed by atoms with Crippen molar-refractivity contribution < 1.29 is 9.59 Å². The fraction of sp³-hybridized carbons (Fsp3) is 0.150. The van der Waals surface area contributed by atoms with E-state index in [1.807, 2.05) is 23.6 Å². The predicted octanol–water partition coefficient (Wildman–Crippen LogP) is 4.24. The number of carbonyl (C=O) groups excluding carboxylic acids is 2. The van der Waals surface area contributed by atoms with Gasteiger partial charge in [-0.05, 0) is 43.7 Å². The van der Waals surface area contributed by atoms with Crippen molar-refractivity contribution in [2.45, 2.75) is 20.4 Å². The van der Waals surface area contributed by atoms with Crippen molar-refractivity contribution in [2.24, 2.45) is 4.99 Å². The number of Topliss-reactive ketones (excluding diaryl/α,β-unsaturated/α-hetero) is 1. The molecule has 0 aliphatic carbocycles. The maximum atomic E-state index is 12.5. The van der Waals surface area contributed by atoms with Gasteiger partial charge in [0.1, 0.15) is 0 Å². The Morgan fingerprint density at radius 3 is 2.46 bits per heavy atom. The van der Waals surface area contributed by atoms with Crippen LogP contribution < -0.4 is 4.80 Å². The van der Waals surface area contributed by atoms with Crippen LogP contribution in [0, 0.1) is 19.3 Å². The Labute approximate surface area is 159 Å². The molecular formula is C20H15ClN2O2S. The van der Waals surface area contributed by atoms with E-state index in [2.05, 4.69) is 10.9 Å². The molecule has 3 aromatic rings. The summed E-state index contributed by atoms with van der Waals surface area (Å²) >= 11 is 7.61. The van der Waals surface area contributed by atoms with E-state index in [1.165, 1.54) is 18.3 Å². The van der Waals surface area contributed by atoms with Crippen molar-refractivity contribution in [1.82, 2.24) is 4.57 Å². The summed E-state index contributed by atoms with van der Waals surface area (Å²) in [6.07, 6.45) is 5.50. The van der Waals surface area contributed by atoms with Gasteiger partial charge in [-0.15, -0.1) is 6.42 Å². The average molecular weight is 383 g/mol. The molecule has 0 atom stereocenters. The molecule has 26 heavy (non-hydrogen) atoms. The molecule has 2 aromatic carbocycles. The first kappa shape index (κ1) is 18.1. The highest BCUT2D eigenvalue weighted by molar-refractivity contribution is 7.16. The Bertz CT molecular complexity index is 1130. The fourth-order valence-electron chi connectivity index (χ4n) is 2.64. The van der Waals surface area contributed by atoms with E-state index in [1.54, 1.807) is 24.3 Å². The van der Waals surface area contributed by atoms with Crippen molar-refractivity contribution in [3.05, 3.63) is 62.9 Å². The Hall–Kier alpha value is -2.68. The Morgan fingerprint density at radius 1 is 1.19 bits per heavy atom. The van der Waals surface area contributed by atoms with Gasteiger partial charge in [0.05, 0.1) is 16.8 Å². The van der Waals surface area contributed by atoms with Crippen LogP contribution in [0.25, 0.3) is 10.2 Å². The van der Waals surface area contributed by atoms with Gasteiger partial charge in [-0.1, -0.05) is 41.0 Å². The quantitative estimate of drug-likeness (QED) is 0.502. The van der Waals surface area contributed by atoms with Crippen LogP contribution in [0.5, 0.6) is 0 Å². The molecule has 0 spiro atoms. The zero-order chi connectivity index (χ0) is 18.8. The van der Waals surface area contributed by atoms with Gasteiger partial charge in [0.25, 0.3) is 5.91 Å². The fourth-order valence-corrected chi connectivity index (χ4v) is 3.88. The van der Waals surface area contributed by atoms with Crippen molar-refractivity contribution in [3.8, 4) is 12.3 Å². The number of hydrogen-bond donors (Lipinski definition) is 0. The first-order valence-corrected chi connectivity index (χ1v) is 9.03. The summed E-state index contributed by atoms with van der Waals surface area (Å²) in [5.41, 5.74) is 2.75. The summed E-state index contributed by atoms with van der Waals surface area (Å²) in [4.78, 5) is 28.7. The number of thiazole rings is 1. The summed E-state index contributed by atoms with van der Waals surface area (Å²) in [5, 5.41) is 0.638. The van der Waals surface area contributed by atoms with Gasteiger partial charge in [0.2, 0.25) is 0 Å². The standard InChI is InChI=1S/C20H15ClN2O2S/c1-4-11-23-18-12(2)16(21)9-10-17(18)26-20(23)22-19(25)15-7-5-14(6-8-15)13(3)24/h1,5-10H,11H2,2-3H3. The van der Waals surface area contributed by atoms with Gasteiger partial charge in [-0.25, -0.2) is 0 Å².